The minimum atomic E-state index is -1.53. The molecule has 0 bridgehead atoms. The highest BCUT2D eigenvalue weighted by Gasteiger charge is 2.67. The molecule has 1 aliphatic carbocycles. The van der Waals surface area contributed by atoms with Gasteiger partial charge in [-0.3, -0.25) is 9.59 Å². The number of amides is 1. The summed E-state index contributed by atoms with van der Waals surface area (Å²) in [6.07, 6.45) is 4.16. The molecule has 0 aromatic heterocycles. The molecular formula is C18H18N2O3. The molecule has 3 rings (SSSR count). The highest BCUT2D eigenvalue weighted by Crippen LogP contribution is 2.57. The van der Waals surface area contributed by atoms with Crippen LogP contribution in [0.5, 0.6) is 0 Å². The van der Waals surface area contributed by atoms with Gasteiger partial charge in [-0.25, -0.2) is 0 Å². The summed E-state index contributed by atoms with van der Waals surface area (Å²) in [5, 5.41) is 9.94. The van der Waals surface area contributed by atoms with Crippen LogP contribution in [0.3, 0.4) is 0 Å². The van der Waals surface area contributed by atoms with E-state index in [0.29, 0.717) is 6.42 Å². The lowest BCUT2D eigenvalue weighted by Gasteiger charge is -2.42. The van der Waals surface area contributed by atoms with Crippen LogP contribution in [0.15, 0.2) is 36.4 Å². The molecule has 23 heavy (non-hydrogen) atoms. The first kappa shape index (κ1) is 15.3. The number of para-hydroxylation sites is 1. The second-order valence-corrected chi connectivity index (χ2v) is 5.90. The molecule has 1 amide bonds. The van der Waals surface area contributed by atoms with Crippen LogP contribution >= 0.6 is 0 Å². The van der Waals surface area contributed by atoms with Crippen molar-refractivity contribution in [3.63, 3.8) is 0 Å². The van der Waals surface area contributed by atoms with Gasteiger partial charge in [0.1, 0.15) is 5.41 Å². The molecule has 1 aromatic carbocycles. The molecule has 0 radical (unpaired) electrons. The van der Waals surface area contributed by atoms with Gasteiger partial charge in [-0.05, 0) is 31.4 Å². The van der Waals surface area contributed by atoms with E-state index in [-0.39, 0.29) is 18.9 Å². The van der Waals surface area contributed by atoms with Gasteiger partial charge in [-0.15, -0.1) is 0 Å². The maximum atomic E-state index is 13.2. The largest absolute Gasteiger partial charge is 0.465 e. The molecule has 1 aliphatic heterocycles. The maximum absolute atomic E-state index is 13.2. The zero-order valence-electron chi connectivity index (χ0n) is 13.2. The van der Waals surface area contributed by atoms with Crippen LogP contribution in [0.4, 0.5) is 5.69 Å². The molecule has 1 aromatic rings. The fourth-order valence-corrected chi connectivity index (χ4v) is 3.81. The number of carbonyl (C=O) groups is 2. The third kappa shape index (κ3) is 1.72. The summed E-state index contributed by atoms with van der Waals surface area (Å²) in [6.45, 7) is 1.87. The van der Waals surface area contributed by atoms with Gasteiger partial charge in [-0.2, -0.15) is 5.26 Å². The number of fused-ring (bicyclic) bond motifs is 2. The number of esters is 1. The fourth-order valence-electron chi connectivity index (χ4n) is 3.81. The summed E-state index contributed by atoms with van der Waals surface area (Å²) < 4.78 is 5.19. The van der Waals surface area contributed by atoms with Gasteiger partial charge in [0, 0.05) is 12.7 Å². The Hall–Kier alpha value is -2.61. The Balaban J connectivity index is 2.30. The van der Waals surface area contributed by atoms with Gasteiger partial charge in [0.05, 0.1) is 12.7 Å². The van der Waals surface area contributed by atoms with E-state index in [1.807, 2.05) is 30.3 Å². The molecule has 2 unspecified atom stereocenters. The lowest BCUT2D eigenvalue weighted by molar-refractivity contribution is -0.159. The summed E-state index contributed by atoms with van der Waals surface area (Å²) in [5.74, 6) is -0.844. The minimum Gasteiger partial charge on any atom is -0.465 e. The number of rotatable bonds is 2. The van der Waals surface area contributed by atoms with Crippen LogP contribution in [0.25, 0.3) is 0 Å². The number of anilines is 1. The molecule has 0 N–H and O–H groups in total. The predicted octanol–water partition coefficient (Wildman–Crippen LogP) is 2.32. The Labute approximate surface area is 135 Å². The van der Waals surface area contributed by atoms with E-state index >= 15 is 0 Å². The van der Waals surface area contributed by atoms with E-state index in [1.54, 1.807) is 24.9 Å². The van der Waals surface area contributed by atoms with Crippen LogP contribution in [-0.2, 0) is 19.7 Å². The molecule has 118 valence electrons. The summed E-state index contributed by atoms with van der Waals surface area (Å²) in [4.78, 5) is 27.4. The average molecular weight is 310 g/mol. The minimum absolute atomic E-state index is 0.174. The number of benzene rings is 1. The Bertz CT molecular complexity index is 749. The van der Waals surface area contributed by atoms with Gasteiger partial charge in [-0.1, -0.05) is 30.4 Å². The van der Waals surface area contributed by atoms with Crippen LogP contribution in [0.2, 0.25) is 0 Å². The summed E-state index contributed by atoms with van der Waals surface area (Å²) in [5.41, 5.74) is -1.27. The van der Waals surface area contributed by atoms with Crippen molar-refractivity contribution in [1.82, 2.24) is 0 Å². The van der Waals surface area contributed by atoms with Crippen molar-refractivity contribution < 1.29 is 14.3 Å². The van der Waals surface area contributed by atoms with Crippen molar-refractivity contribution in [2.45, 2.75) is 25.2 Å². The molecule has 5 heteroatoms. The van der Waals surface area contributed by atoms with Crippen LogP contribution in [0, 0.1) is 16.7 Å². The average Bonchev–Trinajstić information content (AvgIpc) is 2.79. The SMILES string of the molecule is CCOC(=O)C1(C#N)CC=CCC12C(=O)N(C)c1ccccc12. The standard InChI is InChI=1S/C18H18N2O3/c1-3-23-16(22)17(12-19)10-6-7-11-18(17)13-8-4-5-9-14(13)20(2)15(18)21/h4-9H,3,10-11H2,1-2H3. The zero-order valence-corrected chi connectivity index (χ0v) is 13.2. The lowest BCUT2D eigenvalue weighted by atomic mass is 9.55. The number of nitriles is 1. The van der Waals surface area contributed by atoms with Gasteiger partial charge < -0.3 is 9.64 Å². The van der Waals surface area contributed by atoms with E-state index in [0.717, 1.165) is 11.3 Å². The van der Waals surface area contributed by atoms with Crippen molar-refractivity contribution in [3.8, 4) is 6.07 Å². The third-order valence-electron chi connectivity index (χ3n) is 4.95. The first-order valence-corrected chi connectivity index (χ1v) is 7.66. The molecule has 1 heterocycles. The van der Waals surface area contributed by atoms with Crippen molar-refractivity contribution in [2.75, 3.05) is 18.6 Å². The Kier molecular flexibility index (Phi) is 3.48. The Morgan fingerprint density at radius 3 is 2.74 bits per heavy atom. The molecule has 5 nitrogen and oxygen atoms in total. The first-order chi connectivity index (χ1) is 11.0. The van der Waals surface area contributed by atoms with Gasteiger partial charge >= 0.3 is 5.97 Å². The molecule has 1 spiro atoms. The van der Waals surface area contributed by atoms with E-state index in [9.17, 15) is 14.9 Å². The number of nitrogens with zero attached hydrogens (tertiary/aromatic N) is 2. The van der Waals surface area contributed by atoms with Crippen molar-refractivity contribution in [3.05, 3.63) is 42.0 Å². The first-order valence-electron chi connectivity index (χ1n) is 7.66. The fraction of sp³-hybridized carbons (Fsp3) is 0.389. The van der Waals surface area contributed by atoms with E-state index < -0.39 is 16.8 Å². The van der Waals surface area contributed by atoms with Crippen molar-refractivity contribution >= 4 is 17.6 Å². The second kappa shape index (κ2) is 5.24. The molecule has 2 atom stereocenters. The van der Waals surface area contributed by atoms with Crippen LogP contribution < -0.4 is 4.90 Å². The smallest absolute Gasteiger partial charge is 0.328 e. The summed E-state index contributed by atoms with van der Waals surface area (Å²) in [7, 11) is 1.68. The number of hydrogen-bond acceptors (Lipinski definition) is 4. The number of allylic oxidation sites excluding steroid dienone is 2. The predicted molar refractivity (Wildman–Crippen MR) is 84.6 cm³/mol. The molecule has 2 aliphatic rings. The molecular weight excluding hydrogens is 292 g/mol. The quantitative estimate of drug-likeness (QED) is 0.621. The lowest BCUT2D eigenvalue weighted by Crippen LogP contribution is -2.56. The van der Waals surface area contributed by atoms with Gasteiger partial charge in [0.15, 0.2) is 5.41 Å². The monoisotopic (exact) mass is 310 g/mol. The van der Waals surface area contributed by atoms with E-state index in [1.165, 1.54) is 0 Å². The zero-order chi connectivity index (χ0) is 16.7. The Morgan fingerprint density at radius 2 is 2.04 bits per heavy atom. The van der Waals surface area contributed by atoms with E-state index in [4.69, 9.17) is 4.74 Å². The van der Waals surface area contributed by atoms with Gasteiger partial charge in [0.25, 0.3) is 0 Å². The second-order valence-electron chi connectivity index (χ2n) is 5.90. The number of hydrogen-bond donors (Lipinski definition) is 0. The topological polar surface area (TPSA) is 70.4 Å². The van der Waals surface area contributed by atoms with Crippen molar-refractivity contribution in [2.24, 2.45) is 5.41 Å². The molecule has 0 saturated carbocycles. The maximum Gasteiger partial charge on any atom is 0.328 e. The Morgan fingerprint density at radius 1 is 1.35 bits per heavy atom. The highest BCUT2D eigenvalue weighted by atomic mass is 16.5. The van der Waals surface area contributed by atoms with E-state index in [2.05, 4.69) is 6.07 Å². The highest BCUT2D eigenvalue weighted by molar-refractivity contribution is 6.12. The number of carbonyl (C=O) groups excluding carboxylic acids is 2. The molecule has 0 saturated heterocycles. The molecule has 0 fully saturated rings. The third-order valence-corrected chi connectivity index (χ3v) is 4.95. The van der Waals surface area contributed by atoms with Crippen molar-refractivity contribution in [1.29, 1.82) is 5.26 Å². The van der Waals surface area contributed by atoms with Crippen LogP contribution in [0.1, 0.15) is 25.3 Å². The van der Waals surface area contributed by atoms with Crippen LogP contribution in [-0.4, -0.2) is 25.5 Å². The summed E-state index contributed by atoms with van der Waals surface area (Å²) in [6, 6.07) is 9.51. The number of ether oxygens (including phenoxy) is 1. The van der Waals surface area contributed by atoms with Gasteiger partial charge in [0.2, 0.25) is 5.91 Å². The number of likely N-dealkylation sites (N-methyl/N-ethyl adjacent to an activating group) is 1. The normalized spacial score (nSPS) is 28.6. The summed E-state index contributed by atoms with van der Waals surface area (Å²) >= 11 is 0.